The van der Waals surface area contributed by atoms with Crippen LogP contribution < -0.4 is 9.47 Å². The summed E-state index contributed by atoms with van der Waals surface area (Å²) < 4.78 is 11.2. The second kappa shape index (κ2) is 4.13. The number of ether oxygens (including phenoxy) is 2. The molecule has 0 fully saturated rings. The molecule has 16 heavy (non-hydrogen) atoms. The van der Waals surface area contributed by atoms with Crippen LogP contribution in [0.4, 0.5) is 0 Å². The monoisotopic (exact) mass is 236 g/mol. The predicted molar refractivity (Wildman–Crippen MR) is 69.3 cm³/mol. The third kappa shape index (κ3) is 2.58. The Kier molecular flexibility index (Phi) is 2.97. The van der Waals surface area contributed by atoms with E-state index in [0.717, 1.165) is 17.9 Å². The summed E-state index contributed by atoms with van der Waals surface area (Å²) in [5.41, 5.74) is 1.29. The van der Waals surface area contributed by atoms with Gasteiger partial charge in [-0.1, -0.05) is 19.6 Å². The first-order chi connectivity index (χ1) is 7.48. The van der Waals surface area contributed by atoms with Gasteiger partial charge in [-0.05, 0) is 24.2 Å². The number of methoxy groups -OCH3 is 1. The molecule has 0 amide bonds. The lowest BCUT2D eigenvalue weighted by Crippen LogP contribution is -2.29. The number of benzene rings is 1. The van der Waals surface area contributed by atoms with Crippen LogP contribution in [0.15, 0.2) is 18.2 Å². The minimum atomic E-state index is -1.04. The van der Waals surface area contributed by atoms with Gasteiger partial charge in [-0.3, -0.25) is 0 Å². The van der Waals surface area contributed by atoms with Gasteiger partial charge in [0.1, 0.15) is 17.6 Å². The van der Waals surface area contributed by atoms with Gasteiger partial charge in [0, 0.05) is 20.1 Å². The van der Waals surface area contributed by atoms with E-state index in [1.807, 2.05) is 12.1 Å². The van der Waals surface area contributed by atoms with Crippen LogP contribution in [0.1, 0.15) is 5.56 Å². The number of hydrogen-bond donors (Lipinski definition) is 0. The summed E-state index contributed by atoms with van der Waals surface area (Å²) in [6, 6.07) is 7.32. The first-order valence-electron chi connectivity index (χ1n) is 5.81. The second-order valence-corrected chi connectivity index (χ2v) is 11.2. The lowest BCUT2D eigenvalue weighted by atomic mass is 10.1. The van der Waals surface area contributed by atoms with Crippen molar-refractivity contribution in [2.45, 2.75) is 38.2 Å². The fourth-order valence-electron chi connectivity index (χ4n) is 2.22. The van der Waals surface area contributed by atoms with Crippen molar-refractivity contribution in [1.82, 2.24) is 0 Å². The Balaban J connectivity index is 2.09. The zero-order valence-corrected chi connectivity index (χ0v) is 11.5. The molecule has 2 rings (SSSR count). The Bertz CT molecular complexity index is 382. The molecule has 0 aliphatic carbocycles. The van der Waals surface area contributed by atoms with Crippen LogP contribution in [-0.2, 0) is 6.42 Å². The van der Waals surface area contributed by atoms with Crippen LogP contribution in [0.2, 0.25) is 25.7 Å². The molecule has 0 saturated heterocycles. The van der Waals surface area contributed by atoms with E-state index in [0.29, 0.717) is 6.10 Å². The van der Waals surface area contributed by atoms with Crippen molar-refractivity contribution in [3.63, 3.8) is 0 Å². The Morgan fingerprint density at radius 1 is 1.38 bits per heavy atom. The molecule has 2 nitrogen and oxygen atoms in total. The van der Waals surface area contributed by atoms with Crippen molar-refractivity contribution in [3.8, 4) is 11.5 Å². The highest BCUT2D eigenvalue weighted by atomic mass is 28.3. The van der Waals surface area contributed by atoms with Crippen LogP contribution in [0.5, 0.6) is 11.5 Å². The third-order valence-corrected chi connectivity index (χ3v) is 4.53. The van der Waals surface area contributed by atoms with Gasteiger partial charge in [0.15, 0.2) is 0 Å². The summed E-state index contributed by atoms with van der Waals surface area (Å²) >= 11 is 0. The van der Waals surface area contributed by atoms with E-state index in [1.54, 1.807) is 7.11 Å². The van der Waals surface area contributed by atoms with E-state index in [1.165, 1.54) is 11.6 Å². The molecule has 0 unspecified atom stereocenters. The van der Waals surface area contributed by atoms with E-state index >= 15 is 0 Å². The third-order valence-electron chi connectivity index (χ3n) is 2.85. The normalized spacial score (nSPS) is 19.1. The van der Waals surface area contributed by atoms with Crippen LogP contribution in [0.25, 0.3) is 0 Å². The van der Waals surface area contributed by atoms with Gasteiger partial charge in [0.25, 0.3) is 0 Å². The largest absolute Gasteiger partial charge is 0.497 e. The van der Waals surface area contributed by atoms with E-state index in [4.69, 9.17) is 9.47 Å². The fourth-order valence-corrected chi connectivity index (χ4v) is 3.81. The molecule has 0 bridgehead atoms. The smallest absolute Gasteiger partial charge is 0.123 e. The zero-order valence-electron chi connectivity index (χ0n) is 10.5. The van der Waals surface area contributed by atoms with Crippen molar-refractivity contribution in [3.05, 3.63) is 23.8 Å². The van der Waals surface area contributed by atoms with Crippen LogP contribution in [-0.4, -0.2) is 21.3 Å². The highest BCUT2D eigenvalue weighted by molar-refractivity contribution is 6.76. The zero-order chi connectivity index (χ0) is 11.8. The molecule has 1 atom stereocenters. The van der Waals surface area contributed by atoms with Crippen molar-refractivity contribution in [1.29, 1.82) is 0 Å². The van der Waals surface area contributed by atoms with Gasteiger partial charge in [-0.25, -0.2) is 0 Å². The Hall–Kier alpha value is -0.963. The van der Waals surface area contributed by atoms with E-state index in [2.05, 4.69) is 25.7 Å². The summed E-state index contributed by atoms with van der Waals surface area (Å²) in [6.07, 6.45) is 1.42. The quantitative estimate of drug-likeness (QED) is 0.749. The molecule has 3 heteroatoms. The molecule has 1 heterocycles. The van der Waals surface area contributed by atoms with Crippen molar-refractivity contribution < 1.29 is 9.47 Å². The van der Waals surface area contributed by atoms with E-state index in [9.17, 15) is 0 Å². The molecule has 0 spiro atoms. The summed E-state index contributed by atoms with van der Waals surface area (Å²) in [6.45, 7) is 7.17. The van der Waals surface area contributed by atoms with Gasteiger partial charge in [-0.2, -0.15) is 0 Å². The highest BCUT2D eigenvalue weighted by Crippen LogP contribution is 2.34. The first-order valence-corrected chi connectivity index (χ1v) is 9.52. The maximum atomic E-state index is 5.96. The Labute approximate surface area is 98.6 Å². The topological polar surface area (TPSA) is 18.5 Å². The number of hydrogen-bond acceptors (Lipinski definition) is 2. The van der Waals surface area contributed by atoms with Crippen LogP contribution in [0, 0.1) is 0 Å². The maximum Gasteiger partial charge on any atom is 0.123 e. The lowest BCUT2D eigenvalue weighted by Gasteiger charge is -2.20. The summed E-state index contributed by atoms with van der Waals surface area (Å²) in [4.78, 5) is 0. The average molecular weight is 236 g/mol. The molecular weight excluding hydrogens is 216 g/mol. The Morgan fingerprint density at radius 2 is 2.12 bits per heavy atom. The highest BCUT2D eigenvalue weighted by Gasteiger charge is 2.28. The molecular formula is C13H20O2Si. The number of fused-ring (bicyclic) bond motifs is 1. The SMILES string of the molecule is COc1ccc2c(c1)C[C@@H](C[Si](C)(C)C)O2. The molecule has 88 valence electrons. The molecule has 0 N–H and O–H groups in total. The summed E-state index contributed by atoms with van der Waals surface area (Å²) in [5.74, 6) is 1.97. The first kappa shape index (κ1) is 11.5. The van der Waals surface area contributed by atoms with Gasteiger partial charge in [0.05, 0.1) is 7.11 Å². The molecule has 1 aromatic rings. The molecule has 1 aliphatic heterocycles. The molecule has 0 radical (unpaired) electrons. The summed E-state index contributed by atoms with van der Waals surface area (Å²) in [5, 5.41) is 0. The second-order valence-electron chi connectivity index (χ2n) is 5.68. The summed E-state index contributed by atoms with van der Waals surface area (Å²) in [7, 11) is 0.666. The molecule has 1 aliphatic rings. The van der Waals surface area contributed by atoms with Crippen LogP contribution in [0.3, 0.4) is 0 Å². The fraction of sp³-hybridized carbons (Fsp3) is 0.538. The van der Waals surface area contributed by atoms with Gasteiger partial charge in [0.2, 0.25) is 0 Å². The molecule has 1 aromatic carbocycles. The average Bonchev–Trinajstić information content (AvgIpc) is 2.55. The predicted octanol–water partition coefficient (Wildman–Crippen LogP) is 3.34. The standard InChI is InChI=1S/C13H20O2Si/c1-14-11-5-6-13-10(7-11)8-12(15-13)9-16(2,3)4/h5-7,12H,8-9H2,1-4H3/t12-/m0/s1. The minimum absolute atomic E-state index is 0.383. The van der Waals surface area contributed by atoms with E-state index < -0.39 is 8.07 Å². The molecule has 0 aromatic heterocycles. The Morgan fingerprint density at radius 3 is 2.75 bits per heavy atom. The minimum Gasteiger partial charge on any atom is -0.497 e. The van der Waals surface area contributed by atoms with Gasteiger partial charge < -0.3 is 9.47 Å². The van der Waals surface area contributed by atoms with Crippen molar-refractivity contribution in [2.24, 2.45) is 0 Å². The lowest BCUT2D eigenvalue weighted by molar-refractivity contribution is 0.252. The number of rotatable bonds is 3. The van der Waals surface area contributed by atoms with Gasteiger partial charge >= 0.3 is 0 Å². The maximum absolute atomic E-state index is 5.96. The van der Waals surface area contributed by atoms with Crippen molar-refractivity contribution >= 4 is 8.07 Å². The molecule has 0 saturated carbocycles. The van der Waals surface area contributed by atoms with Gasteiger partial charge in [-0.15, -0.1) is 0 Å². The van der Waals surface area contributed by atoms with Crippen molar-refractivity contribution in [2.75, 3.05) is 7.11 Å². The van der Waals surface area contributed by atoms with Crippen LogP contribution >= 0.6 is 0 Å². The van der Waals surface area contributed by atoms with E-state index in [-0.39, 0.29) is 0 Å².